The first-order valence-electron chi connectivity index (χ1n) is 6.73. The van der Waals surface area contributed by atoms with Crippen molar-refractivity contribution in [2.24, 2.45) is 11.1 Å². The van der Waals surface area contributed by atoms with Crippen molar-refractivity contribution >= 4 is 5.91 Å². The summed E-state index contributed by atoms with van der Waals surface area (Å²) >= 11 is 0. The topological polar surface area (TPSA) is 75.3 Å². The average Bonchev–Trinajstić information content (AvgIpc) is 2.85. The standard InChI is InChI=1S/C13H26N2O2/c1-3-13(17,4-2)10-15-11(16)12(9-14)7-5-6-8-12/h17H,3-10,14H2,1-2H3,(H,15,16). The predicted molar refractivity (Wildman–Crippen MR) is 68.5 cm³/mol. The van der Waals surface area contributed by atoms with Gasteiger partial charge in [-0.1, -0.05) is 26.7 Å². The van der Waals surface area contributed by atoms with E-state index in [-0.39, 0.29) is 11.3 Å². The highest BCUT2D eigenvalue weighted by Gasteiger charge is 2.40. The predicted octanol–water partition coefficient (Wildman–Crippen LogP) is 1.17. The molecule has 0 aromatic heterocycles. The highest BCUT2D eigenvalue weighted by atomic mass is 16.3. The maximum absolute atomic E-state index is 12.2. The fraction of sp³-hybridized carbons (Fsp3) is 0.923. The van der Waals surface area contributed by atoms with Gasteiger partial charge in [-0.15, -0.1) is 0 Å². The molecule has 0 unspecified atom stereocenters. The molecule has 1 aliphatic rings. The summed E-state index contributed by atoms with van der Waals surface area (Å²) in [6.45, 7) is 4.62. The van der Waals surface area contributed by atoms with E-state index in [1.165, 1.54) is 0 Å². The molecule has 100 valence electrons. The van der Waals surface area contributed by atoms with Crippen LogP contribution in [0.3, 0.4) is 0 Å². The van der Waals surface area contributed by atoms with E-state index in [9.17, 15) is 9.90 Å². The van der Waals surface area contributed by atoms with Crippen LogP contribution in [0.25, 0.3) is 0 Å². The second kappa shape index (κ2) is 5.83. The molecule has 4 nitrogen and oxygen atoms in total. The molecule has 0 atom stereocenters. The maximum Gasteiger partial charge on any atom is 0.227 e. The fourth-order valence-electron chi connectivity index (χ4n) is 2.51. The van der Waals surface area contributed by atoms with E-state index in [4.69, 9.17) is 5.73 Å². The molecule has 0 spiro atoms. The van der Waals surface area contributed by atoms with Gasteiger partial charge in [-0.05, 0) is 25.7 Å². The molecule has 0 saturated heterocycles. The lowest BCUT2D eigenvalue weighted by molar-refractivity contribution is -0.131. The smallest absolute Gasteiger partial charge is 0.227 e. The Labute approximate surface area is 104 Å². The van der Waals surface area contributed by atoms with Gasteiger partial charge in [-0.2, -0.15) is 0 Å². The highest BCUT2D eigenvalue weighted by molar-refractivity contribution is 5.83. The van der Waals surface area contributed by atoms with Gasteiger partial charge in [0.25, 0.3) is 0 Å². The summed E-state index contributed by atoms with van der Waals surface area (Å²) in [5.74, 6) is 0.0258. The van der Waals surface area contributed by atoms with Crippen molar-refractivity contribution in [3.63, 3.8) is 0 Å². The van der Waals surface area contributed by atoms with Crippen LogP contribution in [0.2, 0.25) is 0 Å². The van der Waals surface area contributed by atoms with E-state index in [2.05, 4.69) is 5.32 Å². The lowest BCUT2D eigenvalue weighted by Gasteiger charge is -2.30. The number of carbonyl (C=O) groups is 1. The van der Waals surface area contributed by atoms with Gasteiger partial charge in [0.15, 0.2) is 0 Å². The summed E-state index contributed by atoms with van der Waals surface area (Å²) in [6, 6.07) is 0. The maximum atomic E-state index is 12.2. The first kappa shape index (κ1) is 14.5. The third kappa shape index (κ3) is 3.19. The monoisotopic (exact) mass is 242 g/mol. The van der Waals surface area contributed by atoms with Gasteiger partial charge < -0.3 is 16.2 Å². The van der Waals surface area contributed by atoms with E-state index < -0.39 is 5.60 Å². The van der Waals surface area contributed by atoms with E-state index >= 15 is 0 Å². The second-order valence-corrected chi connectivity index (χ2v) is 5.31. The van der Waals surface area contributed by atoms with Gasteiger partial charge in [0.2, 0.25) is 5.91 Å². The van der Waals surface area contributed by atoms with Gasteiger partial charge in [0.05, 0.1) is 11.0 Å². The van der Waals surface area contributed by atoms with Crippen LogP contribution < -0.4 is 11.1 Å². The van der Waals surface area contributed by atoms with E-state index in [1.807, 2.05) is 13.8 Å². The summed E-state index contributed by atoms with van der Waals surface area (Å²) in [5.41, 5.74) is 4.60. The molecule has 17 heavy (non-hydrogen) atoms. The zero-order valence-electron chi connectivity index (χ0n) is 11.1. The van der Waals surface area contributed by atoms with Crippen molar-refractivity contribution in [3.8, 4) is 0 Å². The van der Waals surface area contributed by atoms with Crippen LogP contribution in [0.5, 0.6) is 0 Å². The van der Waals surface area contributed by atoms with Crippen molar-refractivity contribution in [1.82, 2.24) is 5.32 Å². The molecule has 4 N–H and O–H groups in total. The Morgan fingerprint density at radius 2 is 1.88 bits per heavy atom. The van der Waals surface area contributed by atoms with E-state index in [0.29, 0.717) is 25.9 Å². The minimum atomic E-state index is -0.774. The Morgan fingerprint density at radius 1 is 1.35 bits per heavy atom. The van der Waals surface area contributed by atoms with Crippen molar-refractivity contribution < 1.29 is 9.90 Å². The molecule has 1 saturated carbocycles. The van der Waals surface area contributed by atoms with Gasteiger partial charge in [-0.3, -0.25) is 4.79 Å². The number of aliphatic hydroxyl groups is 1. The van der Waals surface area contributed by atoms with Gasteiger partial charge in [0.1, 0.15) is 0 Å². The van der Waals surface area contributed by atoms with Crippen LogP contribution in [0.4, 0.5) is 0 Å². The molecule has 0 bridgehead atoms. The first-order chi connectivity index (χ1) is 8.02. The zero-order valence-corrected chi connectivity index (χ0v) is 11.1. The van der Waals surface area contributed by atoms with Gasteiger partial charge in [0, 0.05) is 13.1 Å². The van der Waals surface area contributed by atoms with Crippen LogP contribution in [0.1, 0.15) is 52.4 Å². The molecule has 0 radical (unpaired) electrons. The minimum Gasteiger partial charge on any atom is -0.388 e. The second-order valence-electron chi connectivity index (χ2n) is 5.31. The van der Waals surface area contributed by atoms with Crippen molar-refractivity contribution in [2.45, 2.75) is 58.0 Å². The number of carbonyl (C=O) groups excluding carboxylic acids is 1. The van der Waals surface area contributed by atoms with Crippen LogP contribution in [-0.2, 0) is 4.79 Å². The molecule has 0 heterocycles. The van der Waals surface area contributed by atoms with Crippen LogP contribution in [0.15, 0.2) is 0 Å². The van der Waals surface area contributed by atoms with E-state index in [0.717, 1.165) is 25.7 Å². The third-order valence-electron chi connectivity index (χ3n) is 4.33. The van der Waals surface area contributed by atoms with Crippen molar-refractivity contribution in [1.29, 1.82) is 0 Å². The third-order valence-corrected chi connectivity index (χ3v) is 4.33. The van der Waals surface area contributed by atoms with Crippen LogP contribution in [0, 0.1) is 5.41 Å². The van der Waals surface area contributed by atoms with Crippen molar-refractivity contribution in [3.05, 3.63) is 0 Å². The summed E-state index contributed by atoms with van der Waals surface area (Å²) < 4.78 is 0. The molecule has 4 heteroatoms. The summed E-state index contributed by atoms with van der Waals surface area (Å²) in [5, 5.41) is 13.0. The number of rotatable bonds is 6. The molecule has 0 aromatic carbocycles. The molecular weight excluding hydrogens is 216 g/mol. The van der Waals surface area contributed by atoms with Crippen LogP contribution >= 0.6 is 0 Å². The Morgan fingerprint density at radius 3 is 2.29 bits per heavy atom. The molecule has 1 aliphatic carbocycles. The highest BCUT2D eigenvalue weighted by Crippen LogP contribution is 2.37. The number of hydrogen-bond donors (Lipinski definition) is 3. The zero-order chi connectivity index (χ0) is 12.9. The van der Waals surface area contributed by atoms with Crippen molar-refractivity contribution in [2.75, 3.05) is 13.1 Å². The Kier molecular flexibility index (Phi) is 4.95. The molecular formula is C13H26N2O2. The van der Waals surface area contributed by atoms with Crippen LogP contribution in [-0.4, -0.2) is 29.7 Å². The average molecular weight is 242 g/mol. The molecule has 1 fully saturated rings. The normalized spacial score (nSPS) is 19.3. The number of nitrogens with one attached hydrogen (secondary N) is 1. The first-order valence-corrected chi connectivity index (χ1v) is 6.73. The quantitative estimate of drug-likeness (QED) is 0.654. The molecule has 0 aliphatic heterocycles. The lowest BCUT2D eigenvalue weighted by atomic mass is 9.85. The fourth-order valence-corrected chi connectivity index (χ4v) is 2.51. The minimum absolute atomic E-state index is 0.0258. The SMILES string of the molecule is CCC(O)(CC)CNC(=O)C1(CN)CCCC1. The summed E-state index contributed by atoms with van der Waals surface area (Å²) in [7, 11) is 0. The molecule has 1 rings (SSSR count). The Hall–Kier alpha value is -0.610. The number of amides is 1. The summed E-state index contributed by atoms with van der Waals surface area (Å²) in [6.07, 6.45) is 5.23. The van der Waals surface area contributed by atoms with Gasteiger partial charge in [-0.25, -0.2) is 0 Å². The summed E-state index contributed by atoms with van der Waals surface area (Å²) in [4.78, 5) is 12.2. The Bertz CT molecular complexity index is 256. The van der Waals surface area contributed by atoms with E-state index in [1.54, 1.807) is 0 Å². The number of hydrogen-bond acceptors (Lipinski definition) is 3. The Balaban J connectivity index is 2.54. The molecule has 0 aromatic rings. The lowest BCUT2D eigenvalue weighted by Crippen LogP contribution is -2.49. The largest absolute Gasteiger partial charge is 0.388 e. The van der Waals surface area contributed by atoms with Gasteiger partial charge >= 0.3 is 0 Å². The molecule has 1 amide bonds. The number of nitrogens with two attached hydrogens (primary N) is 1.